The van der Waals surface area contributed by atoms with Gasteiger partial charge in [-0.2, -0.15) is 5.10 Å². The van der Waals surface area contributed by atoms with Gasteiger partial charge in [0.15, 0.2) is 9.84 Å². The number of carbonyl (C=O) groups excluding carboxylic acids is 1. The second kappa shape index (κ2) is 6.74. The Hall–Kier alpha value is -1.83. The van der Waals surface area contributed by atoms with Crippen molar-refractivity contribution in [3.05, 3.63) is 24.4 Å². The Balaban J connectivity index is 1.59. The molecule has 1 aliphatic carbocycles. The summed E-state index contributed by atoms with van der Waals surface area (Å²) in [5, 5.41) is 7.15. The van der Waals surface area contributed by atoms with Crippen LogP contribution in [0.2, 0.25) is 0 Å². The van der Waals surface area contributed by atoms with Gasteiger partial charge in [-0.1, -0.05) is 12.2 Å². The highest BCUT2D eigenvalue weighted by atomic mass is 32.2. The molecule has 0 saturated carbocycles. The zero-order valence-electron chi connectivity index (χ0n) is 13.0. The quantitative estimate of drug-likeness (QED) is 0.847. The highest BCUT2D eigenvalue weighted by Crippen LogP contribution is 2.21. The number of anilines is 1. The molecule has 23 heavy (non-hydrogen) atoms. The third kappa shape index (κ3) is 4.13. The Morgan fingerprint density at radius 1 is 1.30 bits per heavy atom. The Morgan fingerprint density at radius 2 is 2.09 bits per heavy atom. The maximum Gasteiger partial charge on any atom is 0.323 e. The van der Waals surface area contributed by atoms with Crippen molar-refractivity contribution in [2.45, 2.75) is 25.8 Å². The van der Waals surface area contributed by atoms with Crippen LogP contribution in [0.3, 0.4) is 0 Å². The van der Waals surface area contributed by atoms with E-state index < -0.39 is 9.84 Å². The fraction of sp³-hybridized carbons (Fsp3) is 0.600. The predicted octanol–water partition coefficient (Wildman–Crippen LogP) is 1.50. The second-order valence-electron chi connectivity index (χ2n) is 6.12. The summed E-state index contributed by atoms with van der Waals surface area (Å²) < 4.78 is 24.7. The third-order valence-electron chi connectivity index (χ3n) is 4.39. The first-order chi connectivity index (χ1) is 11.0. The minimum absolute atomic E-state index is 0.0358. The fourth-order valence-corrected chi connectivity index (χ4v) is 4.16. The number of hydrogen-bond donors (Lipinski definition) is 1. The van der Waals surface area contributed by atoms with Crippen LogP contribution in [0.4, 0.5) is 10.6 Å². The van der Waals surface area contributed by atoms with Gasteiger partial charge in [-0.25, -0.2) is 17.9 Å². The molecule has 8 heteroatoms. The Morgan fingerprint density at radius 3 is 2.78 bits per heavy atom. The van der Waals surface area contributed by atoms with Gasteiger partial charge < -0.3 is 4.90 Å². The molecule has 3 rings (SSSR count). The summed E-state index contributed by atoms with van der Waals surface area (Å²) in [4.78, 5) is 13.8. The van der Waals surface area contributed by atoms with Gasteiger partial charge in [0.25, 0.3) is 0 Å². The highest BCUT2D eigenvalue weighted by Gasteiger charge is 2.25. The van der Waals surface area contributed by atoms with E-state index >= 15 is 0 Å². The van der Waals surface area contributed by atoms with Gasteiger partial charge in [-0.15, -0.1) is 0 Å². The molecule has 2 aliphatic rings. The lowest BCUT2D eigenvalue weighted by atomic mass is 9.94. The van der Waals surface area contributed by atoms with E-state index in [1.165, 1.54) is 0 Å². The number of nitrogens with zero attached hydrogens (tertiary/aromatic N) is 3. The zero-order chi connectivity index (χ0) is 16.3. The van der Waals surface area contributed by atoms with Crippen molar-refractivity contribution >= 4 is 21.7 Å². The lowest BCUT2D eigenvalue weighted by Crippen LogP contribution is -2.45. The molecule has 0 bridgehead atoms. The number of hydrogen-bond acceptors (Lipinski definition) is 4. The number of aromatic nitrogens is 2. The largest absolute Gasteiger partial charge is 0.323 e. The molecule has 2 heterocycles. The Labute approximate surface area is 136 Å². The molecular weight excluding hydrogens is 316 g/mol. The molecule has 1 unspecified atom stereocenters. The first-order valence-electron chi connectivity index (χ1n) is 7.97. The predicted molar refractivity (Wildman–Crippen MR) is 88.0 cm³/mol. The number of carbonyl (C=O) groups is 1. The van der Waals surface area contributed by atoms with E-state index in [-0.39, 0.29) is 30.6 Å². The molecule has 2 amide bonds. The molecule has 7 nitrogen and oxygen atoms in total. The van der Waals surface area contributed by atoms with Crippen LogP contribution in [-0.2, 0) is 16.4 Å². The SMILES string of the molecule is O=C(Nc1ccnn1CC1CC=CCC1)N1CCS(=O)(=O)CC1. The Kier molecular flexibility index (Phi) is 4.70. The van der Waals surface area contributed by atoms with Crippen LogP contribution in [0, 0.1) is 5.92 Å². The van der Waals surface area contributed by atoms with Crippen LogP contribution in [0.25, 0.3) is 0 Å². The van der Waals surface area contributed by atoms with Crippen molar-refractivity contribution in [2.75, 3.05) is 29.9 Å². The molecule has 1 aromatic rings. The van der Waals surface area contributed by atoms with E-state index in [9.17, 15) is 13.2 Å². The van der Waals surface area contributed by atoms with E-state index in [0.29, 0.717) is 11.7 Å². The number of rotatable bonds is 3. The normalized spacial score (nSPS) is 23.7. The molecule has 1 fully saturated rings. The van der Waals surface area contributed by atoms with Gasteiger partial charge in [-0.05, 0) is 25.2 Å². The smallest absolute Gasteiger partial charge is 0.322 e. The lowest BCUT2D eigenvalue weighted by Gasteiger charge is -2.27. The number of sulfone groups is 1. The maximum absolute atomic E-state index is 12.3. The van der Waals surface area contributed by atoms with Crippen LogP contribution in [-0.4, -0.2) is 53.7 Å². The molecule has 126 valence electrons. The van der Waals surface area contributed by atoms with Gasteiger partial charge >= 0.3 is 6.03 Å². The maximum atomic E-state index is 12.3. The minimum Gasteiger partial charge on any atom is -0.322 e. The summed E-state index contributed by atoms with van der Waals surface area (Å²) in [6.07, 6.45) is 9.34. The van der Waals surface area contributed by atoms with E-state index in [0.717, 1.165) is 25.8 Å². The summed E-state index contributed by atoms with van der Waals surface area (Å²) in [6, 6.07) is 1.52. The van der Waals surface area contributed by atoms with Crippen molar-refractivity contribution in [1.29, 1.82) is 0 Å². The van der Waals surface area contributed by atoms with E-state index in [4.69, 9.17) is 0 Å². The molecule has 1 N–H and O–H groups in total. The molecule has 1 atom stereocenters. The van der Waals surface area contributed by atoms with Crippen LogP contribution in [0.5, 0.6) is 0 Å². The monoisotopic (exact) mass is 338 g/mol. The number of urea groups is 1. The van der Waals surface area contributed by atoms with Crippen LogP contribution >= 0.6 is 0 Å². The summed E-state index contributed by atoms with van der Waals surface area (Å²) >= 11 is 0. The van der Waals surface area contributed by atoms with Crippen molar-refractivity contribution in [3.8, 4) is 0 Å². The first kappa shape index (κ1) is 16.0. The Bertz CT molecular complexity index is 681. The lowest BCUT2D eigenvalue weighted by molar-refractivity contribution is 0.215. The summed E-state index contributed by atoms with van der Waals surface area (Å²) in [6.45, 7) is 1.27. The molecular formula is C15H22N4O3S. The van der Waals surface area contributed by atoms with Crippen LogP contribution in [0.1, 0.15) is 19.3 Å². The number of amides is 2. The van der Waals surface area contributed by atoms with Gasteiger partial charge in [0.2, 0.25) is 0 Å². The van der Waals surface area contributed by atoms with Crippen LogP contribution < -0.4 is 5.32 Å². The van der Waals surface area contributed by atoms with Gasteiger partial charge in [0, 0.05) is 25.7 Å². The minimum atomic E-state index is -2.98. The first-order valence-corrected chi connectivity index (χ1v) is 9.79. The fourth-order valence-electron chi connectivity index (χ4n) is 2.96. The van der Waals surface area contributed by atoms with E-state index in [1.54, 1.807) is 17.2 Å². The van der Waals surface area contributed by atoms with Crippen molar-refractivity contribution in [2.24, 2.45) is 5.92 Å². The summed E-state index contributed by atoms with van der Waals surface area (Å²) in [5.41, 5.74) is 0. The van der Waals surface area contributed by atoms with Crippen molar-refractivity contribution in [3.63, 3.8) is 0 Å². The van der Waals surface area contributed by atoms with Crippen LogP contribution in [0.15, 0.2) is 24.4 Å². The average molecular weight is 338 g/mol. The molecule has 0 spiro atoms. The summed E-state index contributed by atoms with van der Waals surface area (Å²) in [5.74, 6) is 1.27. The zero-order valence-corrected chi connectivity index (χ0v) is 13.8. The van der Waals surface area contributed by atoms with Gasteiger partial charge in [0.05, 0.1) is 17.7 Å². The molecule has 1 saturated heterocycles. The van der Waals surface area contributed by atoms with Gasteiger partial charge in [-0.3, -0.25) is 5.32 Å². The highest BCUT2D eigenvalue weighted by molar-refractivity contribution is 7.91. The topological polar surface area (TPSA) is 84.3 Å². The number of allylic oxidation sites excluding steroid dienone is 2. The average Bonchev–Trinajstić information content (AvgIpc) is 2.95. The van der Waals surface area contributed by atoms with E-state index in [2.05, 4.69) is 22.6 Å². The molecule has 0 aromatic carbocycles. The molecule has 1 aliphatic heterocycles. The standard InChI is InChI=1S/C15H22N4O3S/c20-15(18-8-10-23(21,22)11-9-18)17-14-6-7-16-19(14)12-13-4-2-1-3-5-13/h1-2,6-7,13H,3-5,8-12H2,(H,17,20). The van der Waals surface area contributed by atoms with E-state index in [1.807, 2.05) is 4.68 Å². The van der Waals surface area contributed by atoms with Gasteiger partial charge in [0.1, 0.15) is 5.82 Å². The molecule has 0 radical (unpaired) electrons. The second-order valence-corrected chi connectivity index (χ2v) is 8.42. The van der Waals surface area contributed by atoms with Crippen molar-refractivity contribution < 1.29 is 13.2 Å². The summed E-state index contributed by atoms with van der Waals surface area (Å²) in [7, 11) is -2.98. The molecule has 1 aromatic heterocycles. The van der Waals surface area contributed by atoms with Crippen molar-refractivity contribution in [1.82, 2.24) is 14.7 Å². The third-order valence-corrected chi connectivity index (χ3v) is 6.00. The number of nitrogens with one attached hydrogen (secondary N) is 1.